The number of hydrogen-bond donors (Lipinski definition) is 2. The number of rotatable bonds is 5. The smallest absolute Gasteiger partial charge is 0.248 e. The van der Waals surface area contributed by atoms with Crippen molar-refractivity contribution in [1.82, 2.24) is 9.97 Å². The SMILES string of the molecule is CC(=CC(=O)Nc1ccc(Cl)cc1)c1ccc(Cc2c[nH]cn2)cc1. The van der Waals surface area contributed by atoms with E-state index in [1.165, 1.54) is 5.56 Å². The summed E-state index contributed by atoms with van der Waals surface area (Å²) in [6.45, 7) is 1.92. The minimum Gasteiger partial charge on any atom is -0.351 e. The third kappa shape index (κ3) is 4.81. The molecule has 0 unspecified atom stereocenters. The first-order valence-electron chi connectivity index (χ1n) is 7.92. The van der Waals surface area contributed by atoms with Crippen molar-refractivity contribution >= 4 is 28.8 Å². The van der Waals surface area contributed by atoms with E-state index in [0.29, 0.717) is 10.7 Å². The van der Waals surface area contributed by atoms with Crippen LogP contribution >= 0.6 is 11.6 Å². The van der Waals surface area contributed by atoms with Gasteiger partial charge in [-0.15, -0.1) is 0 Å². The average molecular weight is 352 g/mol. The van der Waals surface area contributed by atoms with Crippen LogP contribution in [-0.2, 0) is 11.2 Å². The molecule has 3 rings (SSSR count). The van der Waals surface area contributed by atoms with Crippen LogP contribution in [0.1, 0.15) is 23.7 Å². The van der Waals surface area contributed by atoms with Gasteiger partial charge in [-0.3, -0.25) is 4.79 Å². The summed E-state index contributed by atoms with van der Waals surface area (Å²) >= 11 is 5.84. The number of amides is 1. The molecule has 5 heteroatoms. The van der Waals surface area contributed by atoms with Crippen molar-refractivity contribution < 1.29 is 4.79 Å². The van der Waals surface area contributed by atoms with Crippen LogP contribution in [0.2, 0.25) is 5.02 Å². The third-order valence-electron chi connectivity index (χ3n) is 3.81. The number of allylic oxidation sites excluding steroid dienone is 1. The largest absolute Gasteiger partial charge is 0.351 e. The topological polar surface area (TPSA) is 57.8 Å². The molecule has 0 fully saturated rings. The summed E-state index contributed by atoms with van der Waals surface area (Å²) in [5.74, 6) is -0.166. The van der Waals surface area contributed by atoms with Crippen molar-refractivity contribution in [3.05, 3.63) is 89.0 Å². The van der Waals surface area contributed by atoms with Gasteiger partial charge in [-0.1, -0.05) is 35.9 Å². The van der Waals surface area contributed by atoms with Crippen molar-refractivity contribution in [2.75, 3.05) is 5.32 Å². The number of benzene rings is 2. The summed E-state index contributed by atoms with van der Waals surface area (Å²) in [6.07, 6.45) is 5.94. The molecule has 0 atom stereocenters. The normalized spacial score (nSPS) is 11.4. The fourth-order valence-electron chi connectivity index (χ4n) is 2.47. The van der Waals surface area contributed by atoms with E-state index in [9.17, 15) is 4.79 Å². The Morgan fingerprint density at radius 2 is 1.88 bits per heavy atom. The molecular weight excluding hydrogens is 334 g/mol. The van der Waals surface area contributed by atoms with Crippen LogP contribution in [0.25, 0.3) is 5.57 Å². The van der Waals surface area contributed by atoms with Crippen molar-refractivity contribution in [3.63, 3.8) is 0 Å². The summed E-state index contributed by atoms with van der Waals surface area (Å²) in [5.41, 5.74) is 4.80. The number of nitrogens with one attached hydrogen (secondary N) is 2. The van der Waals surface area contributed by atoms with Gasteiger partial charge in [-0.2, -0.15) is 0 Å². The molecule has 1 heterocycles. The quantitative estimate of drug-likeness (QED) is 0.655. The van der Waals surface area contributed by atoms with E-state index < -0.39 is 0 Å². The number of aromatic amines is 1. The molecule has 0 aliphatic heterocycles. The molecule has 0 spiro atoms. The summed E-state index contributed by atoms with van der Waals surface area (Å²) in [5, 5.41) is 3.46. The number of aromatic nitrogens is 2. The maximum Gasteiger partial charge on any atom is 0.248 e. The first-order valence-corrected chi connectivity index (χ1v) is 8.30. The fourth-order valence-corrected chi connectivity index (χ4v) is 2.60. The predicted molar refractivity (Wildman–Crippen MR) is 102 cm³/mol. The summed E-state index contributed by atoms with van der Waals surface area (Å²) in [7, 11) is 0. The van der Waals surface area contributed by atoms with Crippen molar-refractivity contribution in [2.24, 2.45) is 0 Å². The fraction of sp³-hybridized carbons (Fsp3) is 0.100. The van der Waals surface area contributed by atoms with Gasteiger partial charge in [0.25, 0.3) is 0 Å². The summed E-state index contributed by atoms with van der Waals surface area (Å²) < 4.78 is 0. The zero-order valence-electron chi connectivity index (χ0n) is 13.8. The molecule has 4 nitrogen and oxygen atoms in total. The highest BCUT2D eigenvalue weighted by atomic mass is 35.5. The van der Waals surface area contributed by atoms with Crippen LogP contribution in [0.5, 0.6) is 0 Å². The molecule has 2 aromatic carbocycles. The number of nitrogens with zero attached hydrogens (tertiary/aromatic N) is 1. The molecule has 3 aromatic rings. The lowest BCUT2D eigenvalue weighted by molar-refractivity contribution is -0.111. The van der Waals surface area contributed by atoms with E-state index in [2.05, 4.69) is 27.4 Å². The van der Waals surface area contributed by atoms with Gasteiger partial charge in [-0.25, -0.2) is 4.98 Å². The minimum absolute atomic E-state index is 0.166. The summed E-state index contributed by atoms with van der Waals surface area (Å²) in [4.78, 5) is 19.3. The molecule has 0 radical (unpaired) electrons. The van der Waals surface area contributed by atoms with Gasteiger partial charge in [0.05, 0.1) is 12.0 Å². The lowest BCUT2D eigenvalue weighted by Gasteiger charge is -2.06. The third-order valence-corrected chi connectivity index (χ3v) is 4.06. The number of anilines is 1. The van der Waals surface area contributed by atoms with E-state index in [1.54, 1.807) is 36.7 Å². The lowest BCUT2D eigenvalue weighted by atomic mass is 10.0. The zero-order valence-corrected chi connectivity index (χ0v) is 14.5. The molecule has 0 aliphatic rings. The Balaban J connectivity index is 1.64. The van der Waals surface area contributed by atoms with E-state index >= 15 is 0 Å². The van der Waals surface area contributed by atoms with Crippen molar-refractivity contribution in [2.45, 2.75) is 13.3 Å². The number of hydrogen-bond acceptors (Lipinski definition) is 2. The molecule has 126 valence electrons. The van der Waals surface area contributed by atoms with Gasteiger partial charge in [0.15, 0.2) is 0 Å². The highest BCUT2D eigenvalue weighted by Gasteiger charge is 2.03. The van der Waals surface area contributed by atoms with Gasteiger partial charge < -0.3 is 10.3 Å². The number of carbonyl (C=O) groups excluding carboxylic acids is 1. The van der Waals surface area contributed by atoms with Crippen LogP contribution in [0, 0.1) is 0 Å². The van der Waals surface area contributed by atoms with E-state index in [0.717, 1.165) is 23.3 Å². The zero-order chi connectivity index (χ0) is 17.6. The Kier molecular flexibility index (Phi) is 5.31. The molecule has 2 N–H and O–H groups in total. The minimum atomic E-state index is -0.166. The Bertz CT molecular complexity index is 866. The number of imidazole rings is 1. The Morgan fingerprint density at radius 1 is 1.16 bits per heavy atom. The van der Waals surface area contributed by atoms with Gasteiger partial charge in [0, 0.05) is 29.4 Å². The Hall–Kier alpha value is -2.85. The van der Waals surface area contributed by atoms with Crippen LogP contribution in [-0.4, -0.2) is 15.9 Å². The molecule has 25 heavy (non-hydrogen) atoms. The number of carbonyl (C=O) groups is 1. The van der Waals surface area contributed by atoms with Crippen LogP contribution in [0.15, 0.2) is 67.1 Å². The monoisotopic (exact) mass is 351 g/mol. The molecular formula is C20H18ClN3O. The second-order valence-electron chi connectivity index (χ2n) is 5.76. The van der Waals surface area contributed by atoms with Crippen LogP contribution < -0.4 is 5.32 Å². The number of halogens is 1. The van der Waals surface area contributed by atoms with Crippen LogP contribution in [0.4, 0.5) is 5.69 Å². The second kappa shape index (κ2) is 7.81. The predicted octanol–water partition coefficient (Wildman–Crippen LogP) is 4.70. The second-order valence-corrected chi connectivity index (χ2v) is 6.19. The molecule has 1 amide bonds. The van der Waals surface area contributed by atoms with E-state index in [1.807, 2.05) is 25.3 Å². The maximum atomic E-state index is 12.1. The molecule has 0 bridgehead atoms. The number of H-pyrrole nitrogens is 1. The van der Waals surface area contributed by atoms with Gasteiger partial charge >= 0.3 is 0 Å². The lowest BCUT2D eigenvalue weighted by Crippen LogP contribution is -2.08. The van der Waals surface area contributed by atoms with Gasteiger partial charge in [-0.05, 0) is 47.9 Å². The van der Waals surface area contributed by atoms with Crippen molar-refractivity contribution in [1.29, 1.82) is 0 Å². The molecule has 0 saturated carbocycles. The highest BCUT2D eigenvalue weighted by Crippen LogP contribution is 2.17. The Morgan fingerprint density at radius 3 is 2.52 bits per heavy atom. The first kappa shape index (κ1) is 17.0. The first-order chi connectivity index (χ1) is 12.1. The van der Waals surface area contributed by atoms with Crippen molar-refractivity contribution in [3.8, 4) is 0 Å². The average Bonchev–Trinajstić information content (AvgIpc) is 3.10. The van der Waals surface area contributed by atoms with Gasteiger partial charge in [0.2, 0.25) is 5.91 Å². The molecule has 1 aromatic heterocycles. The van der Waals surface area contributed by atoms with Crippen LogP contribution in [0.3, 0.4) is 0 Å². The van der Waals surface area contributed by atoms with Gasteiger partial charge in [0.1, 0.15) is 0 Å². The Labute approximate surface area is 151 Å². The van der Waals surface area contributed by atoms with E-state index in [-0.39, 0.29) is 5.91 Å². The van der Waals surface area contributed by atoms with E-state index in [4.69, 9.17) is 11.6 Å². The summed E-state index contributed by atoms with van der Waals surface area (Å²) in [6, 6.07) is 15.2. The highest BCUT2D eigenvalue weighted by molar-refractivity contribution is 6.30. The molecule has 0 aliphatic carbocycles. The standard InChI is InChI=1S/C20H18ClN3O/c1-14(10-20(25)24-18-8-6-17(21)7-9-18)16-4-2-15(3-5-16)11-19-12-22-13-23-19/h2-10,12-13H,11H2,1H3,(H,22,23)(H,24,25). The maximum absolute atomic E-state index is 12.1. The molecule has 0 saturated heterocycles.